The Labute approximate surface area is 176 Å². The molecule has 9 nitrogen and oxygen atoms in total. The smallest absolute Gasteiger partial charge is 0.238 e. The van der Waals surface area contributed by atoms with Crippen LogP contribution in [-0.2, 0) is 32.6 Å². The summed E-state index contributed by atoms with van der Waals surface area (Å²) in [5.41, 5.74) is 0.834. The average Bonchev–Trinajstić information content (AvgIpc) is 3.41. The van der Waals surface area contributed by atoms with E-state index in [1.165, 1.54) is 13.4 Å². The van der Waals surface area contributed by atoms with E-state index in [-0.39, 0.29) is 51.2 Å². The fourth-order valence-electron chi connectivity index (χ4n) is 3.03. The molecule has 0 aliphatic carbocycles. The van der Waals surface area contributed by atoms with E-state index in [1.807, 2.05) is 12.1 Å². The SMILES string of the molecule is CCS(=O)(=O)N(CCOC)CC(=O)N(Cc1ccc2c(c1)OCO2)Cc1ccco1. The van der Waals surface area contributed by atoms with Gasteiger partial charge in [0, 0.05) is 20.2 Å². The van der Waals surface area contributed by atoms with Crippen LogP contribution >= 0.6 is 0 Å². The average molecular weight is 439 g/mol. The van der Waals surface area contributed by atoms with Gasteiger partial charge in [-0.05, 0) is 36.8 Å². The van der Waals surface area contributed by atoms with Gasteiger partial charge in [-0.15, -0.1) is 0 Å². The lowest BCUT2D eigenvalue weighted by molar-refractivity contribution is -0.133. The number of benzene rings is 1. The van der Waals surface area contributed by atoms with Gasteiger partial charge in [-0.1, -0.05) is 6.07 Å². The fourth-order valence-corrected chi connectivity index (χ4v) is 4.05. The molecule has 1 aromatic carbocycles. The van der Waals surface area contributed by atoms with E-state index in [0.717, 1.165) is 9.87 Å². The predicted octanol–water partition coefficient (Wildman–Crippen LogP) is 1.84. The Kier molecular flexibility index (Phi) is 7.35. The van der Waals surface area contributed by atoms with Crippen LogP contribution in [0.3, 0.4) is 0 Å². The van der Waals surface area contributed by atoms with Crippen molar-refractivity contribution in [2.75, 3.05) is 39.4 Å². The highest BCUT2D eigenvalue weighted by atomic mass is 32.2. The van der Waals surface area contributed by atoms with Crippen molar-refractivity contribution in [2.45, 2.75) is 20.0 Å². The first kappa shape index (κ1) is 22.1. The van der Waals surface area contributed by atoms with Crippen molar-refractivity contribution in [3.05, 3.63) is 47.9 Å². The van der Waals surface area contributed by atoms with Crippen molar-refractivity contribution in [1.29, 1.82) is 0 Å². The van der Waals surface area contributed by atoms with Crippen LogP contribution in [0.25, 0.3) is 0 Å². The van der Waals surface area contributed by atoms with Gasteiger partial charge in [-0.25, -0.2) is 8.42 Å². The van der Waals surface area contributed by atoms with Crippen LogP contribution in [0.1, 0.15) is 18.2 Å². The number of fused-ring (bicyclic) bond motifs is 1. The van der Waals surface area contributed by atoms with E-state index in [1.54, 1.807) is 30.0 Å². The van der Waals surface area contributed by atoms with E-state index in [4.69, 9.17) is 18.6 Å². The van der Waals surface area contributed by atoms with Crippen LogP contribution in [0.4, 0.5) is 0 Å². The molecule has 10 heteroatoms. The number of rotatable bonds is 11. The Bertz CT molecular complexity index is 944. The van der Waals surface area contributed by atoms with Crippen molar-refractivity contribution in [1.82, 2.24) is 9.21 Å². The van der Waals surface area contributed by atoms with Crippen LogP contribution in [-0.4, -0.2) is 62.9 Å². The van der Waals surface area contributed by atoms with Crippen LogP contribution < -0.4 is 9.47 Å². The molecule has 1 aliphatic heterocycles. The van der Waals surface area contributed by atoms with Gasteiger partial charge in [0.05, 0.1) is 31.7 Å². The zero-order valence-electron chi connectivity index (χ0n) is 17.1. The fraction of sp³-hybridized carbons (Fsp3) is 0.450. The molecular weight excluding hydrogens is 412 g/mol. The van der Waals surface area contributed by atoms with Crippen LogP contribution in [0.15, 0.2) is 41.0 Å². The third-order valence-corrected chi connectivity index (χ3v) is 6.53. The Balaban J connectivity index is 1.79. The molecule has 0 atom stereocenters. The molecule has 2 heterocycles. The van der Waals surface area contributed by atoms with Gasteiger partial charge in [-0.2, -0.15) is 4.31 Å². The van der Waals surface area contributed by atoms with Crippen LogP contribution in [0.5, 0.6) is 11.5 Å². The van der Waals surface area contributed by atoms with Gasteiger partial charge in [0.2, 0.25) is 22.7 Å². The zero-order chi connectivity index (χ0) is 21.6. The lowest BCUT2D eigenvalue weighted by Crippen LogP contribution is -2.44. The van der Waals surface area contributed by atoms with E-state index < -0.39 is 10.0 Å². The summed E-state index contributed by atoms with van der Waals surface area (Å²) in [4.78, 5) is 14.7. The third-order valence-electron chi connectivity index (χ3n) is 4.70. The molecule has 1 amide bonds. The number of nitrogens with zero attached hydrogens (tertiary/aromatic N) is 2. The van der Waals surface area contributed by atoms with Crippen molar-refractivity contribution < 1.29 is 31.8 Å². The number of carbonyl (C=O) groups is 1. The minimum Gasteiger partial charge on any atom is -0.467 e. The Morgan fingerprint density at radius 1 is 1.17 bits per heavy atom. The lowest BCUT2D eigenvalue weighted by atomic mass is 10.2. The van der Waals surface area contributed by atoms with Crippen molar-refractivity contribution in [3.8, 4) is 11.5 Å². The maximum Gasteiger partial charge on any atom is 0.238 e. The first-order valence-electron chi connectivity index (χ1n) is 9.58. The van der Waals surface area contributed by atoms with Gasteiger partial charge in [0.15, 0.2) is 11.5 Å². The van der Waals surface area contributed by atoms with E-state index >= 15 is 0 Å². The number of methoxy groups -OCH3 is 1. The predicted molar refractivity (Wildman–Crippen MR) is 108 cm³/mol. The molecule has 30 heavy (non-hydrogen) atoms. The van der Waals surface area contributed by atoms with E-state index in [2.05, 4.69) is 0 Å². The second kappa shape index (κ2) is 9.96. The molecular formula is C20H26N2O7S. The van der Waals surface area contributed by atoms with Crippen LogP contribution in [0, 0.1) is 0 Å². The molecule has 0 spiro atoms. The Morgan fingerprint density at radius 3 is 2.67 bits per heavy atom. The molecule has 2 aromatic rings. The highest BCUT2D eigenvalue weighted by Crippen LogP contribution is 2.33. The van der Waals surface area contributed by atoms with Crippen molar-refractivity contribution >= 4 is 15.9 Å². The van der Waals surface area contributed by atoms with E-state index in [0.29, 0.717) is 17.3 Å². The van der Waals surface area contributed by atoms with E-state index in [9.17, 15) is 13.2 Å². The molecule has 0 radical (unpaired) electrons. The monoisotopic (exact) mass is 438 g/mol. The van der Waals surface area contributed by atoms with Crippen LogP contribution in [0.2, 0.25) is 0 Å². The minimum atomic E-state index is -3.56. The number of amides is 1. The second-order valence-corrected chi connectivity index (χ2v) is 9.00. The van der Waals surface area contributed by atoms with Gasteiger partial charge >= 0.3 is 0 Å². The summed E-state index contributed by atoms with van der Waals surface area (Å²) in [6.07, 6.45) is 1.53. The summed E-state index contributed by atoms with van der Waals surface area (Å²) in [6.45, 7) is 2.23. The highest BCUT2D eigenvalue weighted by Gasteiger charge is 2.26. The molecule has 0 saturated heterocycles. The number of hydrogen-bond acceptors (Lipinski definition) is 7. The summed E-state index contributed by atoms with van der Waals surface area (Å²) in [6, 6.07) is 8.97. The van der Waals surface area contributed by atoms with Gasteiger partial charge < -0.3 is 23.5 Å². The summed E-state index contributed by atoms with van der Waals surface area (Å²) < 4.78 is 47.1. The first-order chi connectivity index (χ1) is 14.4. The number of sulfonamides is 1. The molecule has 0 saturated carbocycles. The standard InChI is InChI=1S/C20H26N2O7S/c1-3-30(24,25)22(8-10-26-2)14-20(23)21(13-17-5-4-9-27-17)12-16-6-7-18-19(11-16)29-15-28-18/h4-7,9,11H,3,8,10,12-15H2,1-2H3. The minimum absolute atomic E-state index is 0.0929. The molecule has 3 rings (SSSR count). The lowest BCUT2D eigenvalue weighted by Gasteiger charge is -2.26. The molecule has 0 fully saturated rings. The summed E-state index contributed by atoms with van der Waals surface area (Å²) in [5, 5.41) is 0. The number of carbonyl (C=O) groups excluding carboxylic acids is 1. The van der Waals surface area contributed by atoms with Crippen molar-refractivity contribution in [2.24, 2.45) is 0 Å². The molecule has 0 N–H and O–H groups in total. The highest BCUT2D eigenvalue weighted by molar-refractivity contribution is 7.89. The number of furan rings is 1. The van der Waals surface area contributed by atoms with Crippen molar-refractivity contribution in [3.63, 3.8) is 0 Å². The molecule has 0 unspecified atom stereocenters. The normalized spacial score (nSPS) is 13.0. The first-order valence-corrected chi connectivity index (χ1v) is 11.2. The number of hydrogen-bond donors (Lipinski definition) is 0. The van der Waals surface area contributed by atoms with Gasteiger partial charge in [0.25, 0.3) is 0 Å². The topological polar surface area (TPSA) is 98.5 Å². The maximum absolute atomic E-state index is 13.1. The summed E-state index contributed by atoms with van der Waals surface area (Å²) >= 11 is 0. The summed E-state index contributed by atoms with van der Waals surface area (Å²) in [7, 11) is -2.07. The summed E-state index contributed by atoms with van der Waals surface area (Å²) in [5.74, 6) is 1.45. The quantitative estimate of drug-likeness (QED) is 0.528. The third kappa shape index (κ3) is 5.53. The van der Waals surface area contributed by atoms with Gasteiger partial charge in [0.1, 0.15) is 5.76 Å². The second-order valence-electron chi connectivity index (χ2n) is 6.74. The largest absolute Gasteiger partial charge is 0.467 e. The molecule has 0 bridgehead atoms. The van der Waals surface area contributed by atoms with Gasteiger partial charge in [-0.3, -0.25) is 4.79 Å². The molecule has 1 aromatic heterocycles. The Hall–Kier alpha value is -2.56. The Morgan fingerprint density at radius 2 is 1.97 bits per heavy atom. The maximum atomic E-state index is 13.1. The number of ether oxygens (including phenoxy) is 3. The zero-order valence-corrected chi connectivity index (χ0v) is 17.9. The molecule has 164 valence electrons. The molecule has 1 aliphatic rings.